The zero-order chi connectivity index (χ0) is 24.2. The first-order chi connectivity index (χ1) is 17.1. The molecule has 8 nitrogen and oxygen atoms in total. The smallest absolute Gasteiger partial charge is 0.321 e. The maximum Gasteiger partial charge on any atom is 0.321 e. The SMILES string of the molecule is CCCc1nc(N2CCCN(C(=O)Nc3ccc(C)cc3)CC2)c2c(-c3ccccc3)noc2n1. The summed E-state index contributed by atoms with van der Waals surface area (Å²) in [5.74, 6) is 1.59. The Morgan fingerprint density at radius 2 is 1.80 bits per heavy atom. The lowest BCUT2D eigenvalue weighted by Gasteiger charge is -2.24. The van der Waals surface area contributed by atoms with Gasteiger partial charge >= 0.3 is 6.03 Å². The third-order valence-electron chi connectivity index (χ3n) is 6.27. The topological polar surface area (TPSA) is 87.4 Å². The van der Waals surface area contributed by atoms with Gasteiger partial charge < -0.3 is 19.6 Å². The van der Waals surface area contributed by atoms with Crippen LogP contribution in [0.2, 0.25) is 0 Å². The Labute approximate surface area is 205 Å². The van der Waals surface area contributed by atoms with E-state index in [1.54, 1.807) is 0 Å². The summed E-state index contributed by atoms with van der Waals surface area (Å²) < 4.78 is 5.68. The van der Waals surface area contributed by atoms with E-state index in [1.807, 2.05) is 66.4 Å². The molecule has 3 heterocycles. The highest BCUT2D eigenvalue weighted by Crippen LogP contribution is 2.34. The van der Waals surface area contributed by atoms with Crippen LogP contribution in [0.1, 0.15) is 31.2 Å². The van der Waals surface area contributed by atoms with Gasteiger partial charge in [0, 0.05) is 43.9 Å². The molecule has 0 bridgehead atoms. The van der Waals surface area contributed by atoms with Crippen molar-refractivity contribution in [2.24, 2.45) is 0 Å². The fraction of sp³-hybridized carbons (Fsp3) is 0.333. The van der Waals surface area contributed by atoms with Gasteiger partial charge in [0.1, 0.15) is 22.7 Å². The van der Waals surface area contributed by atoms with E-state index in [-0.39, 0.29) is 6.03 Å². The van der Waals surface area contributed by atoms with Crippen molar-refractivity contribution in [3.05, 3.63) is 66.0 Å². The number of carbonyl (C=O) groups is 1. The van der Waals surface area contributed by atoms with Crippen LogP contribution in [0.15, 0.2) is 59.1 Å². The van der Waals surface area contributed by atoms with Gasteiger partial charge in [0.25, 0.3) is 5.71 Å². The van der Waals surface area contributed by atoms with Gasteiger partial charge in [-0.1, -0.05) is 60.1 Å². The number of aryl methyl sites for hydroxylation is 2. The van der Waals surface area contributed by atoms with Crippen LogP contribution < -0.4 is 10.2 Å². The Morgan fingerprint density at radius 1 is 1.00 bits per heavy atom. The van der Waals surface area contributed by atoms with Gasteiger partial charge in [-0.05, 0) is 31.9 Å². The highest BCUT2D eigenvalue weighted by Gasteiger charge is 2.25. The summed E-state index contributed by atoms with van der Waals surface area (Å²) >= 11 is 0. The van der Waals surface area contributed by atoms with Crippen LogP contribution in [0.25, 0.3) is 22.4 Å². The second kappa shape index (κ2) is 10.1. The second-order valence-corrected chi connectivity index (χ2v) is 8.91. The summed E-state index contributed by atoms with van der Waals surface area (Å²) in [7, 11) is 0. The predicted octanol–water partition coefficient (Wildman–Crippen LogP) is 5.29. The Bertz CT molecular complexity index is 1300. The van der Waals surface area contributed by atoms with Crippen molar-refractivity contribution in [1.82, 2.24) is 20.0 Å². The van der Waals surface area contributed by atoms with Crippen molar-refractivity contribution in [3.63, 3.8) is 0 Å². The molecular formula is C27H30N6O2. The van der Waals surface area contributed by atoms with Crippen LogP contribution >= 0.6 is 0 Å². The lowest BCUT2D eigenvalue weighted by Crippen LogP contribution is -2.38. The van der Waals surface area contributed by atoms with E-state index in [9.17, 15) is 4.79 Å². The summed E-state index contributed by atoms with van der Waals surface area (Å²) in [6.07, 6.45) is 2.54. The average molecular weight is 471 g/mol. The normalized spacial score (nSPS) is 14.2. The predicted molar refractivity (Wildman–Crippen MR) is 138 cm³/mol. The minimum atomic E-state index is -0.0786. The van der Waals surface area contributed by atoms with Gasteiger partial charge in [-0.15, -0.1) is 0 Å². The van der Waals surface area contributed by atoms with Crippen molar-refractivity contribution in [1.29, 1.82) is 0 Å². The molecule has 0 aliphatic carbocycles. The third kappa shape index (κ3) is 4.96. The Kier molecular flexibility index (Phi) is 6.61. The molecule has 0 unspecified atom stereocenters. The first-order valence-corrected chi connectivity index (χ1v) is 12.2. The number of benzene rings is 2. The van der Waals surface area contributed by atoms with E-state index < -0.39 is 0 Å². The number of fused-ring (bicyclic) bond motifs is 1. The summed E-state index contributed by atoms with van der Waals surface area (Å²) in [5.41, 5.74) is 4.19. The van der Waals surface area contributed by atoms with Crippen LogP contribution in [0.4, 0.5) is 16.3 Å². The molecule has 1 aliphatic rings. The maximum absolute atomic E-state index is 12.9. The Morgan fingerprint density at radius 3 is 2.57 bits per heavy atom. The van der Waals surface area contributed by atoms with Crippen molar-refractivity contribution in [3.8, 4) is 11.3 Å². The molecule has 180 valence electrons. The molecule has 0 saturated carbocycles. The summed E-state index contributed by atoms with van der Waals surface area (Å²) in [4.78, 5) is 26.7. The highest BCUT2D eigenvalue weighted by atomic mass is 16.5. The quantitative estimate of drug-likeness (QED) is 0.426. The average Bonchev–Trinajstić information content (AvgIpc) is 3.14. The summed E-state index contributed by atoms with van der Waals surface area (Å²) in [6.45, 7) is 6.87. The minimum absolute atomic E-state index is 0.0786. The molecule has 2 aromatic heterocycles. The van der Waals surface area contributed by atoms with Crippen LogP contribution in [0.3, 0.4) is 0 Å². The number of nitrogens with one attached hydrogen (secondary N) is 1. The Hall–Kier alpha value is -3.94. The number of amides is 2. The highest BCUT2D eigenvalue weighted by molar-refractivity contribution is 5.98. The number of urea groups is 1. The van der Waals surface area contributed by atoms with E-state index >= 15 is 0 Å². The summed E-state index contributed by atoms with van der Waals surface area (Å²) in [5, 5.41) is 8.21. The van der Waals surface area contributed by atoms with Crippen molar-refractivity contribution in [2.45, 2.75) is 33.1 Å². The summed E-state index contributed by atoms with van der Waals surface area (Å²) in [6, 6.07) is 17.8. The fourth-order valence-electron chi connectivity index (χ4n) is 4.41. The second-order valence-electron chi connectivity index (χ2n) is 8.91. The molecule has 4 aromatic rings. The maximum atomic E-state index is 12.9. The lowest BCUT2D eigenvalue weighted by atomic mass is 10.1. The van der Waals surface area contributed by atoms with Crippen molar-refractivity contribution < 1.29 is 9.32 Å². The van der Waals surface area contributed by atoms with E-state index in [2.05, 4.69) is 27.3 Å². The molecule has 35 heavy (non-hydrogen) atoms. The molecule has 1 saturated heterocycles. The monoisotopic (exact) mass is 470 g/mol. The standard InChI is InChI=1S/C27H30N6O2/c1-3-8-22-29-25(23-24(31-35-26(23)30-22)20-9-5-4-6-10-20)32-15-7-16-33(18-17-32)27(34)28-21-13-11-19(2)12-14-21/h4-6,9-14H,3,7-8,15-18H2,1-2H3,(H,28,34). The van der Waals surface area contributed by atoms with Gasteiger partial charge in [0.05, 0.1) is 0 Å². The van der Waals surface area contributed by atoms with E-state index in [4.69, 9.17) is 9.51 Å². The van der Waals surface area contributed by atoms with Gasteiger partial charge in [0.2, 0.25) is 0 Å². The Balaban J connectivity index is 1.41. The number of rotatable bonds is 5. The van der Waals surface area contributed by atoms with Crippen molar-refractivity contribution >= 4 is 28.6 Å². The third-order valence-corrected chi connectivity index (χ3v) is 6.27. The molecule has 0 atom stereocenters. The zero-order valence-corrected chi connectivity index (χ0v) is 20.2. The van der Waals surface area contributed by atoms with E-state index in [1.165, 1.54) is 0 Å². The number of hydrogen-bond acceptors (Lipinski definition) is 6. The van der Waals surface area contributed by atoms with Gasteiger partial charge in [-0.2, -0.15) is 4.98 Å². The minimum Gasteiger partial charge on any atom is -0.354 e. The van der Waals surface area contributed by atoms with Crippen LogP contribution in [-0.4, -0.2) is 52.2 Å². The van der Waals surface area contributed by atoms with Crippen LogP contribution in [0.5, 0.6) is 0 Å². The van der Waals surface area contributed by atoms with E-state index in [0.717, 1.165) is 65.3 Å². The molecule has 2 amide bonds. The first kappa shape index (κ1) is 22.8. The van der Waals surface area contributed by atoms with Crippen LogP contribution in [-0.2, 0) is 6.42 Å². The van der Waals surface area contributed by atoms with Gasteiger partial charge in [-0.3, -0.25) is 0 Å². The molecule has 0 radical (unpaired) electrons. The zero-order valence-electron chi connectivity index (χ0n) is 20.2. The molecule has 8 heteroatoms. The molecule has 1 aliphatic heterocycles. The number of aromatic nitrogens is 3. The molecular weight excluding hydrogens is 440 g/mol. The molecule has 1 fully saturated rings. The lowest BCUT2D eigenvalue weighted by molar-refractivity contribution is 0.215. The first-order valence-electron chi connectivity index (χ1n) is 12.2. The van der Waals surface area contributed by atoms with E-state index in [0.29, 0.717) is 25.3 Å². The molecule has 1 N–H and O–H groups in total. The number of hydrogen-bond donors (Lipinski definition) is 1. The number of carbonyl (C=O) groups excluding carboxylic acids is 1. The van der Waals surface area contributed by atoms with Gasteiger partial charge in [0.15, 0.2) is 0 Å². The fourth-order valence-corrected chi connectivity index (χ4v) is 4.41. The number of anilines is 2. The molecule has 5 rings (SSSR count). The molecule has 2 aromatic carbocycles. The number of nitrogens with zero attached hydrogens (tertiary/aromatic N) is 5. The largest absolute Gasteiger partial charge is 0.354 e. The molecule has 0 spiro atoms. The van der Waals surface area contributed by atoms with Gasteiger partial charge in [-0.25, -0.2) is 9.78 Å². The van der Waals surface area contributed by atoms with Crippen molar-refractivity contribution in [2.75, 3.05) is 36.4 Å². The van der Waals surface area contributed by atoms with Crippen LogP contribution in [0, 0.1) is 6.92 Å².